The van der Waals surface area contributed by atoms with Gasteiger partial charge < -0.3 is 19.7 Å². The van der Waals surface area contributed by atoms with Gasteiger partial charge in [0.1, 0.15) is 0 Å². The van der Waals surface area contributed by atoms with Gasteiger partial charge in [0.15, 0.2) is 5.79 Å². The van der Waals surface area contributed by atoms with Crippen LogP contribution in [0.4, 0.5) is 0 Å². The summed E-state index contributed by atoms with van der Waals surface area (Å²) in [6.45, 7) is 9.47. The summed E-state index contributed by atoms with van der Waals surface area (Å²) < 4.78 is 11.8. The largest absolute Gasteiger partial charge is 0.355 e. The Kier molecular flexibility index (Phi) is 4.73. The Morgan fingerprint density at radius 1 is 1.30 bits per heavy atom. The highest BCUT2D eigenvalue weighted by molar-refractivity contribution is 5.79. The summed E-state index contributed by atoms with van der Waals surface area (Å²) in [6, 6.07) is 0.570. The van der Waals surface area contributed by atoms with Gasteiger partial charge in [-0.2, -0.15) is 0 Å². The molecule has 132 valence electrons. The van der Waals surface area contributed by atoms with Crippen LogP contribution >= 0.6 is 0 Å². The van der Waals surface area contributed by atoms with Crippen molar-refractivity contribution >= 4 is 5.91 Å². The summed E-state index contributed by atoms with van der Waals surface area (Å²) >= 11 is 0. The number of fused-ring (bicyclic) bond motifs is 1. The van der Waals surface area contributed by atoms with Crippen LogP contribution in [-0.4, -0.2) is 56.0 Å². The van der Waals surface area contributed by atoms with E-state index in [1.54, 1.807) is 0 Å². The Bertz CT molecular complexity index is 440. The van der Waals surface area contributed by atoms with Crippen LogP contribution < -0.4 is 5.32 Å². The molecule has 0 bridgehead atoms. The molecular formula is C18H32N2O3. The molecule has 2 saturated heterocycles. The fourth-order valence-electron chi connectivity index (χ4n) is 4.43. The zero-order valence-corrected chi connectivity index (χ0v) is 15.1. The molecule has 3 rings (SSSR count). The van der Waals surface area contributed by atoms with Crippen molar-refractivity contribution < 1.29 is 14.3 Å². The van der Waals surface area contributed by atoms with E-state index in [1.165, 1.54) is 0 Å². The van der Waals surface area contributed by atoms with Crippen molar-refractivity contribution in [1.82, 2.24) is 10.2 Å². The van der Waals surface area contributed by atoms with Crippen LogP contribution in [0.2, 0.25) is 0 Å². The molecule has 3 aliphatic rings. The molecular weight excluding hydrogens is 292 g/mol. The lowest BCUT2D eigenvalue weighted by atomic mass is 9.72. The molecule has 3 atom stereocenters. The molecule has 1 N–H and O–H groups in total. The number of amides is 1. The van der Waals surface area contributed by atoms with Gasteiger partial charge in [-0.3, -0.25) is 4.79 Å². The number of likely N-dealkylation sites (tertiary alicyclic amines) is 1. The van der Waals surface area contributed by atoms with Crippen molar-refractivity contribution in [3.05, 3.63) is 0 Å². The Hall–Kier alpha value is -0.650. The summed E-state index contributed by atoms with van der Waals surface area (Å²) in [6.07, 6.45) is 3.99. The van der Waals surface area contributed by atoms with E-state index in [9.17, 15) is 4.79 Å². The lowest BCUT2D eigenvalue weighted by Crippen LogP contribution is -2.55. The van der Waals surface area contributed by atoms with Gasteiger partial charge in [-0.1, -0.05) is 20.8 Å². The minimum Gasteiger partial charge on any atom is -0.355 e. The van der Waals surface area contributed by atoms with Crippen LogP contribution in [0, 0.1) is 17.3 Å². The molecule has 0 unspecified atom stereocenters. The lowest BCUT2D eigenvalue weighted by Gasteiger charge is -2.49. The quantitative estimate of drug-likeness (QED) is 0.844. The van der Waals surface area contributed by atoms with Crippen molar-refractivity contribution in [3.63, 3.8) is 0 Å². The summed E-state index contributed by atoms with van der Waals surface area (Å²) in [5.41, 5.74) is 0.124. The first-order chi connectivity index (χ1) is 10.8. The summed E-state index contributed by atoms with van der Waals surface area (Å²) in [4.78, 5) is 15.0. The van der Waals surface area contributed by atoms with E-state index in [-0.39, 0.29) is 23.0 Å². The number of ether oxygens (including phenoxy) is 2. The smallest absolute Gasteiger partial charge is 0.224 e. The van der Waals surface area contributed by atoms with Gasteiger partial charge in [-0.25, -0.2) is 0 Å². The normalized spacial score (nSPS) is 34.3. The van der Waals surface area contributed by atoms with Crippen molar-refractivity contribution in [3.8, 4) is 0 Å². The second kappa shape index (κ2) is 6.34. The maximum Gasteiger partial charge on any atom is 0.224 e. The molecule has 0 aromatic carbocycles. The molecule has 1 spiro atoms. The van der Waals surface area contributed by atoms with E-state index < -0.39 is 0 Å². The van der Waals surface area contributed by atoms with Crippen LogP contribution in [0.15, 0.2) is 0 Å². The monoisotopic (exact) mass is 324 g/mol. The fourth-order valence-corrected chi connectivity index (χ4v) is 4.43. The zero-order valence-electron chi connectivity index (χ0n) is 15.1. The average Bonchev–Trinajstić information content (AvgIpc) is 2.91. The van der Waals surface area contributed by atoms with Crippen molar-refractivity contribution in [1.29, 1.82) is 0 Å². The van der Waals surface area contributed by atoms with Crippen molar-refractivity contribution in [2.45, 2.75) is 58.3 Å². The molecule has 1 amide bonds. The maximum absolute atomic E-state index is 12.6. The molecule has 5 heteroatoms. The standard InChI is InChI=1S/C18H32N2O3/c1-17(2,3)12-19-16(21)14-9-13-10-18(22-7-8-23-18)6-5-15(13)20(4)11-14/h13-15H,5-12H2,1-4H3,(H,19,21)/t13-,14-,15-/m1/s1. The highest BCUT2D eigenvalue weighted by Gasteiger charge is 2.49. The molecule has 23 heavy (non-hydrogen) atoms. The molecule has 0 aromatic rings. The van der Waals surface area contributed by atoms with Gasteiger partial charge in [-0.15, -0.1) is 0 Å². The van der Waals surface area contributed by atoms with E-state index in [1.807, 2.05) is 0 Å². The van der Waals surface area contributed by atoms with Crippen LogP contribution in [0.1, 0.15) is 46.5 Å². The number of rotatable bonds is 2. The molecule has 3 fully saturated rings. The third-order valence-corrected chi connectivity index (χ3v) is 5.58. The second-order valence-electron chi connectivity index (χ2n) is 8.83. The number of piperidine rings is 1. The number of carbonyl (C=O) groups excluding carboxylic acids is 1. The first-order valence-electron chi connectivity index (χ1n) is 9.04. The van der Waals surface area contributed by atoms with Crippen LogP contribution in [0.25, 0.3) is 0 Å². The summed E-state index contributed by atoms with van der Waals surface area (Å²) in [7, 11) is 2.16. The van der Waals surface area contributed by atoms with Gasteiger partial charge in [0.25, 0.3) is 0 Å². The maximum atomic E-state index is 12.6. The summed E-state index contributed by atoms with van der Waals surface area (Å²) in [5.74, 6) is 0.426. The van der Waals surface area contributed by atoms with Gasteiger partial charge in [0.05, 0.1) is 19.1 Å². The Morgan fingerprint density at radius 3 is 2.65 bits per heavy atom. The number of carbonyl (C=O) groups is 1. The third-order valence-electron chi connectivity index (χ3n) is 5.58. The summed E-state index contributed by atoms with van der Waals surface area (Å²) in [5, 5.41) is 3.14. The Balaban J connectivity index is 1.61. The number of hydrogen-bond donors (Lipinski definition) is 1. The van der Waals surface area contributed by atoms with Gasteiger partial charge in [-0.05, 0) is 31.2 Å². The molecule has 0 aromatic heterocycles. The molecule has 1 saturated carbocycles. The molecule has 0 radical (unpaired) electrons. The molecule has 1 aliphatic carbocycles. The van der Waals surface area contributed by atoms with Gasteiger partial charge >= 0.3 is 0 Å². The minimum atomic E-state index is -0.355. The molecule has 2 aliphatic heterocycles. The Morgan fingerprint density at radius 2 is 2.00 bits per heavy atom. The van der Waals surface area contributed by atoms with E-state index >= 15 is 0 Å². The predicted molar refractivity (Wildman–Crippen MR) is 89.0 cm³/mol. The third kappa shape index (κ3) is 3.89. The van der Waals surface area contributed by atoms with Crippen LogP contribution in [0.5, 0.6) is 0 Å². The molecule has 5 nitrogen and oxygen atoms in total. The van der Waals surface area contributed by atoms with E-state index in [2.05, 4.69) is 38.0 Å². The fraction of sp³-hybridized carbons (Fsp3) is 0.944. The van der Waals surface area contributed by atoms with Gasteiger partial charge in [0.2, 0.25) is 5.91 Å². The SMILES string of the molecule is CN1C[C@H](C(=O)NCC(C)(C)C)C[C@@H]2CC3(CC[C@H]21)OCCO3. The first-order valence-corrected chi connectivity index (χ1v) is 9.04. The topological polar surface area (TPSA) is 50.8 Å². The first kappa shape index (κ1) is 17.2. The Labute approximate surface area is 140 Å². The highest BCUT2D eigenvalue weighted by atomic mass is 16.7. The van der Waals surface area contributed by atoms with Crippen molar-refractivity contribution in [2.75, 3.05) is 33.4 Å². The van der Waals surface area contributed by atoms with Crippen LogP contribution in [-0.2, 0) is 14.3 Å². The van der Waals surface area contributed by atoms with E-state index in [0.717, 1.165) is 38.8 Å². The lowest BCUT2D eigenvalue weighted by molar-refractivity contribution is -0.202. The zero-order chi connectivity index (χ0) is 16.7. The minimum absolute atomic E-state index is 0.0835. The van der Waals surface area contributed by atoms with Gasteiger partial charge in [0, 0.05) is 32.0 Å². The van der Waals surface area contributed by atoms with E-state index in [0.29, 0.717) is 25.2 Å². The van der Waals surface area contributed by atoms with Crippen LogP contribution in [0.3, 0.4) is 0 Å². The predicted octanol–water partition coefficient (Wildman–Crippen LogP) is 2.01. The average molecular weight is 324 g/mol. The van der Waals surface area contributed by atoms with Crippen molar-refractivity contribution in [2.24, 2.45) is 17.3 Å². The number of hydrogen-bond acceptors (Lipinski definition) is 4. The number of nitrogens with zero attached hydrogens (tertiary/aromatic N) is 1. The highest BCUT2D eigenvalue weighted by Crippen LogP contribution is 2.44. The van der Waals surface area contributed by atoms with E-state index in [4.69, 9.17) is 9.47 Å². The molecule has 2 heterocycles. The number of nitrogens with one attached hydrogen (secondary N) is 1. The second-order valence-corrected chi connectivity index (χ2v) is 8.83.